The van der Waals surface area contributed by atoms with Gasteiger partial charge in [0.05, 0.1) is 0 Å². The second-order valence-corrected chi connectivity index (χ2v) is 6.50. The van der Waals surface area contributed by atoms with E-state index in [4.69, 9.17) is 9.26 Å². The molecule has 0 fully saturated rings. The Hall–Kier alpha value is -2.34. The Balaban J connectivity index is 1.79. The van der Waals surface area contributed by atoms with Gasteiger partial charge in [-0.2, -0.15) is 0 Å². The van der Waals surface area contributed by atoms with Gasteiger partial charge in [-0.1, -0.05) is 21.1 Å². The maximum Gasteiger partial charge on any atom is 0.202 e. The molecule has 2 aromatic heterocycles. The second kappa shape index (κ2) is 6.65. The first kappa shape index (κ1) is 16.5. The number of Topliss-reactive ketones (excluding diaryl/α,β-unsaturated/α-hetero) is 1. The SMILES string of the molecule is Cc1cc(-n2c(C)cc(C(=O)COc3ccc(Br)cc3)c2C)no1. The van der Waals surface area contributed by atoms with Crippen molar-refractivity contribution in [3.63, 3.8) is 0 Å². The summed E-state index contributed by atoms with van der Waals surface area (Å²) < 4.78 is 13.6. The number of hydrogen-bond donors (Lipinski definition) is 0. The van der Waals surface area contributed by atoms with E-state index in [0.29, 0.717) is 17.1 Å². The molecule has 0 radical (unpaired) electrons. The van der Waals surface area contributed by atoms with Crippen molar-refractivity contribution in [2.24, 2.45) is 0 Å². The van der Waals surface area contributed by atoms with Crippen LogP contribution in [-0.4, -0.2) is 22.1 Å². The first-order chi connectivity index (χ1) is 11.5. The predicted octanol–water partition coefficient (Wildman–Crippen LogP) is 4.41. The van der Waals surface area contributed by atoms with Crippen molar-refractivity contribution in [1.82, 2.24) is 9.72 Å². The number of aryl methyl sites for hydroxylation is 2. The molecule has 0 spiro atoms. The van der Waals surface area contributed by atoms with E-state index in [-0.39, 0.29) is 12.4 Å². The summed E-state index contributed by atoms with van der Waals surface area (Å²) in [5, 5.41) is 4.02. The lowest BCUT2D eigenvalue weighted by atomic mass is 10.1. The molecule has 1 aromatic carbocycles. The number of ketones is 1. The summed E-state index contributed by atoms with van der Waals surface area (Å²) in [6.07, 6.45) is 0. The zero-order valence-corrected chi connectivity index (χ0v) is 15.3. The zero-order chi connectivity index (χ0) is 17.3. The summed E-state index contributed by atoms with van der Waals surface area (Å²) in [5.41, 5.74) is 2.38. The summed E-state index contributed by atoms with van der Waals surface area (Å²) in [7, 11) is 0. The van der Waals surface area contributed by atoms with Gasteiger partial charge in [-0.3, -0.25) is 9.36 Å². The molecule has 0 N–H and O–H groups in total. The summed E-state index contributed by atoms with van der Waals surface area (Å²) in [5.74, 6) is 1.99. The monoisotopic (exact) mass is 388 g/mol. The van der Waals surface area contributed by atoms with Crippen LogP contribution < -0.4 is 4.74 Å². The number of rotatable bonds is 5. The van der Waals surface area contributed by atoms with E-state index in [1.54, 1.807) is 0 Å². The predicted molar refractivity (Wildman–Crippen MR) is 94.0 cm³/mol. The molecule has 3 aromatic rings. The number of ether oxygens (including phenoxy) is 1. The normalized spacial score (nSPS) is 10.8. The number of aromatic nitrogens is 2. The molecule has 0 atom stereocenters. The first-order valence-corrected chi connectivity index (χ1v) is 8.29. The van der Waals surface area contributed by atoms with E-state index in [0.717, 1.165) is 21.6 Å². The van der Waals surface area contributed by atoms with E-state index < -0.39 is 0 Å². The maximum absolute atomic E-state index is 12.5. The average molecular weight is 389 g/mol. The molecular weight excluding hydrogens is 372 g/mol. The third-order valence-corrected chi connectivity index (χ3v) is 4.29. The van der Waals surface area contributed by atoms with Crippen molar-refractivity contribution in [2.45, 2.75) is 20.8 Å². The highest BCUT2D eigenvalue weighted by molar-refractivity contribution is 9.10. The zero-order valence-electron chi connectivity index (χ0n) is 13.7. The van der Waals surface area contributed by atoms with Crippen molar-refractivity contribution < 1.29 is 14.1 Å². The molecule has 5 nitrogen and oxygen atoms in total. The van der Waals surface area contributed by atoms with Gasteiger partial charge in [0.2, 0.25) is 5.78 Å². The number of hydrogen-bond acceptors (Lipinski definition) is 4. The molecule has 124 valence electrons. The fraction of sp³-hybridized carbons (Fsp3) is 0.222. The minimum absolute atomic E-state index is 0.0101. The van der Waals surface area contributed by atoms with Gasteiger partial charge >= 0.3 is 0 Å². The van der Waals surface area contributed by atoms with Crippen LogP contribution in [0.1, 0.15) is 27.5 Å². The van der Waals surface area contributed by atoms with Gasteiger partial charge in [-0.15, -0.1) is 0 Å². The van der Waals surface area contributed by atoms with Crippen LogP contribution in [-0.2, 0) is 0 Å². The highest BCUT2D eigenvalue weighted by Crippen LogP contribution is 2.22. The van der Waals surface area contributed by atoms with Gasteiger partial charge in [0.25, 0.3) is 0 Å². The van der Waals surface area contributed by atoms with Crippen LogP contribution in [0, 0.1) is 20.8 Å². The molecule has 0 unspecified atom stereocenters. The van der Waals surface area contributed by atoms with Crippen molar-refractivity contribution in [1.29, 1.82) is 0 Å². The van der Waals surface area contributed by atoms with E-state index in [9.17, 15) is 4.79 Å². The molecule has 0 aliphatic carbocycles. The fourth-order valence-electron chi connectivity index (χ4n) is 2.61. The molecule has 2 heterocycles. The van der Waals surface area contributed by atoms with Crippen LogP contribution in [0.3, 0.4) is 0 Å². The molecular formula is C18H17BrN2O3. The standard InChI is InChI=1S/C18H17BrN2O3/c1-11-8-16(13(3)21(11)18-9-12(2)24-20-18)17(22)10-23-15-6-4-14(19)5-7-15/h4-9H,10H2,1-3H3. The number of carbonyl (C=O) groups is 1. The number of nitrogens with zero attached hydrogens (tertiary/aromatic N) is 2. The van der Waals surface area contributed by atoms with Crippen molar-refractivity contribution in [3.05, 3.63) is 63.6 Å². The lowest BCUT2D eigenvalue weighted by Gasteiger charge is -2.07. The highest BCUT2D eigenvalue weighted by atomic mass is 79.9. The van der Waals surface area contributed by atoms with Crippen LogP contribution in [0.4, 0.5) is 0 Å². The van der Waals surface area contributed by atoms with E-state index >= 15 is 0 Å². The Morgan fingerprint density at radius 2 is 1.92 bits per heavy atom. The van der Waals surface area contributed by atoms with Gasteiger partial charge in [-0.05, 0) is 51.1 Å². The Morgan fingerprint density at radius 3 is 2.54 bits per heavy atom. The number of benzene rings is 1. The lowest BCUT2D eigenvalue weighted by Crippen LogP contribution is -2.12. The van der Waals surface area contributed by atoms with Gasteiger partial charge < -0.3 is 9.26 Å². The van der Waals surface area contributed by atoms with Gasteiger partial charge in [-0.25, -0.2) is 0 Å². The maximum atomic E-state index is 12.5. The van der Waals surface area contributed by atoms with Crippen molar-refractivity contribution in [3.8, 4) is 11.6 Å². The topological polar surface area (TPSA) is 57.3 Å². The summed E-state index contributed by atoms with van der Waals surface area (Å²) in [4.78, 5) is 12.5. The Labute approximate surface area is 148 Å². The minimum Gasteiger partial charge on any atom is -0.485 e. The molecule has 0 amide bonds. The van der Waals surface area contributed by atoms with E-state index in [2.05, 4.69) is 21.1 Å². The third kappa shape index (κ3) is 3.28. The lowest BCUT2D eigenvalue weighted by molar-refractivity contribution is 0.0921. The third-order valence-electron chi connectivity index (χ3n) is 3.76. The van der Waals surface area contributed by atoms with E-state index in [1.807, 2.05) is 61.7 Å². The Morgan fingerprint density at radius 1 is 1.21 bits per heavy atom. The van der Waals surface area contributed by atoms with Crippen molar-refractivity contribution in [2.75, 3.05) is 6.61 Å². The fourth-order valence-corrected chi connectivity index (χ4v) is 2.88. The second-order valence-electron chi connectivity index (χ2n) is 5.58. The quantitative estimate of drug-likeness (QED) is 0.607. The summed E-state index contributed by atoms with van der Waals surface area (Å²) >= 11 is 3.37. The molecule has 3 rings (SSSR count). The van der Waals surface area contributed by atoms with Crippen LogP contribution >= 0.6 is 15.9 Å². The van der Waals surface area contributed by atoms with Crippen LogP contribution in [0.15, 0.2) is 45.4 Å². The molecule has 0 saturated heterocycles. The number of halogens is 1. The average Bonchev–Trinajstić information content (AvgIpc) is 3.09. The van der Waals surface area contributed by atoms with Crippen LogP contribution in [0.2, 0.25) is 0 Å². The smallest absolute Gasteiger partial charge is 0.202 e. The van der Waals surface area contributed by atoms with Gasteiger partial charge in [0.15, 0.2) is 12.4 Å². The highest BCUT2D eigenvalue weighted by Gasteiger charge is 2.18. The summed E-state index contributed by atoms with van der Waals surface area (Å²) in [6, 6.07) is 11.1. The molecule has 0 bridgehead atoms. The van der Waals surface area contributed by atoms with Gasteiger partial charge in [0, 0.05) is 27.5 Å². The van der Waals surface area contributed by atoms with Gasteiger partial charge in [0.1, 0.15) is 11.5 Å². The first-order valence-electron chi connectivity index (χ1n) is 7.50. The van der Waals surface area contributed by atoms with E-state index in [1.165, 1.54) is 0 Å². The van der Waals surface area contributed by atoms with Crippen LogP contribution in [0.5, 0.6) is 5.75 Å². The molecule has 24 heavy (non-hydrogen) atoms. The number of carbonyl (C=O) groups excluding carboxylic acids is 1. The molecule has 0 aliphatic rings. The molecule has 0 saturated carbocycles. The largest absolute Gasteiger partial charge is 0.485 e. The van der Waals surface area contributed by atoms with Crippen molar-refractivity contribution >= 4 is 21.7 Å². The Bertz CT molecular complexity index is 878. The summed E-state index contributed by atoms with van der Waals surface area (Å²) in [6.45, 7) is 5.65. The molecule has 6 heteroatoms. The van der Waals surface area contributed by atoms with Crippen LogP contribution in [0.25, 0.3) is 5.82 Å². The Kier molecular flexibility index (Phi) is 4.57. The molecule has 0 aliphatic heterocycles. The minimum atomic E-state index is -0.0718.